The summed E-state index contributed by atoms with van der Waals surface area (Å²) in [5.41, 5.74) is -1.29. The fraction of sp³-hybridized carbons (Fsp3) is 0. The Labute approximate surface area is 432 Å². The molecule has 0 unspecified atom stereocenters. The van der Waals surface area contributed by atoms with Gasteiger partial charge in [0, 0.05) is 48.3 Å². The number of hydrogen-bond acceptors (Lipinski definition) is 16. The van der Waals surface area contributed by atoms with Crippen molar-refractivity contribution in [3.63, 3.8) is 0 Å². The van der Waals surface area contributed by atoms with Crippen molar-refractivity contribution in [3.05, 3.63) is 215 Å². The van der Waals surface area contributed by atoms with Crippen LogP contribution in [0.25, 0.3) is 34.2 Å². The van der Waals surface area contributed by atoms with Crippen molar-refractivity contribution < 1.29 is 107 Å². The molecule has 6 aromatic heterocycles. The fourth-order valence-electron chi connectivity index (χ4n) is 5.68. The molecule has 24 nitrogen and oxygen atoms in total. The van der Waals surface area contributed by atoms with Gasteiger partial charge in [0.2, 0.25) is 0 Å². The van der Waals surface area contributed by atoms with Gasteiger partial charge in [0.15, 0.2) is 0 Å². The van der Waals surface area contributed by atoms with Gasteiger partial charge < -0.3 is 61.4 Å². The molecule has 10 N–H and O–H groups in total. The Morgan fingerprint density at radius 2 is 0.427 bits per heavy atom. The van der Waals surface area contributed by atoms with Crippen LogP contribution in [0.15, 0.2) is 171 Å². The van der Waals surface area contributed by atoms with Gasteiger partial charge in [-0.15, -0.1) is 0 Å². The molecule has 0 saturated heterocycles. The first-order valence-electron chi connectivity index (χ1n) is 20.1. The van der Waals surface area contributed by atoms with Gasteiger partial charge in [-0.3, -0.25) is 29.9 Å². The minimum Gasteiger partial charge on any atom is -0.545 e. The molecule has 0 aliphatic rings. The van der Waals surface area contributed by atoms with Crippen LogP contribution in [-0.2, 0) is 16.5 Å². The van der Waals surface area contributed by atoms with Gasteiger partial charge in [-0.2, -0.15) is 0 Å². The van der Waals surface area contributed by atoms with E-state index < -0.39 is 92.3 Å². The molecule has 25 heteroatoms. The summed E-state index contributed by atoms with van der Waals surface area (Å²) in [4.78, 5) is 111. The van der Waals surface area contributed by atoms with Crippen LogP contribution < -0.4 is 10.2 Å². The van der Waals surface area contributed by atoms with Gasteiger partial charge in [0.1, 0.15) is 0 Å². The standard InChI is InChI=1S/3C10H8N2.2C10H6O8.Ni.2H2O/c3*1-3-7-11-9(5-1)10-6-2-4-8-12-10;2*11-7(12)3-1-4(8(13)14)6(10(17)18)2-5(3)9(15)16;;;/h3*1-8H;2*1-2H,(H,11,12)(H,13,14)(H,15,16)(H,17,18);;2*1H2/q;;;;;+2;;/p-2. The van der Waals surface area contributed by atoms with Crippen molar-refractivity contribution >= 4 is 47.8 Å². The second kappa shape index (κ2) is 31.0. The van der Waals surface area contributed by atoms with E-state index >= 15 is 0 Å². The van der Waals surface area contributed by atoms with Crippen molar-refractivity contribution in [3.8, 4) is 34.2 Å². The van der Waals surface area contributed by atoms with E-state index in [4.69, 9.17) is 30.6 Å². The maximum atomic E-state index is 10.8. The van der Waals surface area contributed by atoms with E-state index in [1.807, 2.05) is 109 Å². The Bertz CT molecular complexity index is 2610. The summed E-state index contributed by atoms with van der Waals surface area (Å²) in [5, 5.41) is 73.7. The predicted octanol–water partition coefficient (Wildman–Crippen LogP) is 3.07. The third-order valence-electron chi connectivity index (χ3n) is 8.91. The Morgan fingerprint density at radius 1 is 0.280 bits per heavy atom. The Hall–Kier alpha value is -10.5. The van der Waals surface area contributed by atoms with Crippen molar-refractivity contribution in [2.75, 3.05) is 0 Å². The molecule has 0 saturated carbocycles. The zero-order valence-electron chi connectivity index (χ0n) is 37.9. The maximum absolute atomic E-state index is 10.8. The van der Waals surface area contributed by atoms with Crippen LogP contribution in [-0.4, -0.2) is 119 Å². The molecule has 0 atom stereocenters. The smallest absolute Gasteiger partial charge is 0.545 e. The average molecular weight is 1070 g/mol. The van der Waals surface area contributed by atoms with Crippen LogP contribution in [0, 0.1) is 0 Å². The number of carbonyl (C=O) groups is 8. The second-order valence-corrected chi connectivity index (χ2v) is 13.6. The zero-order chi connectivity index (χ0) is 52.7. The maximum Gasteiger partial charge on any atom is 2.00 e. The van der Waals surface area contributed by atoms with Gasteiger partial charge in [0.05, 0.1) is 79.5 Å². The quantitative estimate of drug-likeness (QED) is 0.101. The minimum atomic E-state index is -1.94. The summed E-state index contributed by atoms with van der Waals surface area (Å²) >= 11 is 0. The van der Waals surface area contributed by atoms with Crippen LogP contribution in [0.3, 0.4) is 0 Å². The topological polar surface area (TPSA) is 444 Å². The Morgan fingerprint density at radius 3 is 0.547 bits per heavy atom. The summed E-state index contributed by atoms with van der Waals surface area (Å²) in [5.74, 6) is -14.0. The molecule has 0 aliphatic carbocycles. The third-order valence-corrected chi connectivity index (χ3v) is 8.91. The van der Waals surface area contributed by atoms with Crippen LogP contribution in [0.4, 0.5) is 0 Å². The molecule has 0 fully saturated rings. The molecule has 0 spiro atoms. The number of carboxylic acid groups (broad SMARTS) is 8. The molecule has 2 aromatic carbocycles. The summed E-state index contributed by atoms with van der Waals surface area (Å²) in [7, 11) is 0. The number of carboxylic acids is 8. The van der Waals surface area contributed by atoms with E-state index in [9.17, 15) is 48.6 Å². The predicted molar refractivity (Wildman–Crippen MR) is 253 cm³/mol. The molecule has 0 aliphatic heterocycles. The van der Waals surface area contributed by atoms with E-state index in [-0.39, 0.29) is 27.4 Å². The van der Waals surface area contributed by atoms with Crippen LogP contribution in [0.2, 0.25) is 0 Å². The number of carbonyl (C=O) groups excluding carboxylic acids is 2. The van der Waals surface area contributed by atoms with E-state index in [1.54, 1.807) is 37.2 Å². The number of hydrogen-bond donors (Lipinski definition) is 6. The first-order chi connectivity index (χ1) is 34.4. The first kappa shape index (κ1) is 62.5. The molecular formula is C50H38N6NiO18. The Kier molecular flexibility index (Phi) is 25.8. The number of rotatable bonds is 11. The molecule has 6 heterocycles. The van der Waals surface area contributed by atoms with E-state index in [2.05, 4.69) is 29.9 Å². The molecule has 0 amide bonds. The fourth-order valence-corrected chi connectivity index (χ4v) is 5.68. The SMILES string of the molecule is O.O.O=C(O)c1cc(C(=O)O)c(C(=O)O)cc1C(=O)O.O=C([O-])c1cc(C(=O)[O-])c(C(=O)O)cc1C(=O)O.[Ni+2].c1ccc(-c2ccccn2)nc1.c1ccc(-c2ccccn2)nc1.c1ccc(-c2ccccn2)nc1. The molecule has 8 aromatic rings. The third kappa shape index (κ3) is 18.7. The monoisotopic (exact) mass is 1070 g/mol. The van der Waals surface area contributed by atoms with E-state index in [0.717, 1.165) is 34.2 Å². The summed E-state index contributed by atoms with van der Waals surface area (Å²) in [6.45, 7) is 0. The normalized spacial score (nSPS) is 9.33. The Balaban J connectivity index is 0.000000469. The number of nitrogens with zero attached hydrogens (tertiary/aromatic N) is 6. The molecule has 8 rings (SSSR count). The molecule has 0 bridgehead atoms. The van der Waals surface area contributed by atoms with Crippen molar-refractivity contribution in [2.45, 2.75) is 0 Å². The number of aromatic nitrogens is 6. The van der Waals surface area contributed by atoms with Gasteiger partial charge >= 0.3 is 52.3 Å². The van der Waals surface area contributed by atoms with E-state index in [0.29, 0.717) is 24.3 Å². The number of benzene rings is 2. The number of aromatic carboxylic acids is 8. The summed E-state index contributed by atoms with van der Waals surface area (Å²) in [6.07, 6.45) is 10.6. The molecule has 0 radical (unpaired) electrons. The van der Waals surface area contributed by atoms with Gasteiger partial charge in [-0.05, 0) is 97.1 Å². The van der Waals surface area contributed by atoms with Gasteiger partial charge in [0.25, 0.3) is 0 Å². The minimum absolute atomic E-state index is 0. The van der Waals surface area contributed by atoms with Gasteiger partial charge in [-0.1, -0.05) is 36.4 Å². The largest absolute Gasteiger partial charge is 2.00 e. The zero-order valence-corrected chi connectivity index (χ0v) is 38.9. The summed E-state index contributed by atoms with van der Waals surface area (Å²) in [6, 6.07) is 36.6. The van der Waals surface area contributed by atoms with Crippen molar-refractivity contribution in [2.24, 2.45) is 0 Å². The average Bonchev–Trinajstić information content (AvgIpc) is 3.40. The van der Waals surface area contributed by atoms with E-state index in [1.165, 1.54) is 0 Å². The molecule has 75 heavy (non-hydrogen) atoms. The van der Waals surface area contributed by atoms with Gasteiger partial charge in [-0.25, -0.2) is 28.8 Å². The molecular weight excluding hydrogens is 1030 g/mol. The van der Waals surface area contributed by atoms with Crippen LogP contribution >= 0.6 is 0 Å². The van der Waals surface area contributed by atoms with Crippen molar-refractivity contribution in [1.29, 1.82) is 0 Å². The summed E-state index contributed by atoms with van der Waals surface area (Å²) < 4.78 is 0. The first-order valence-corrected chi connectivity index (χ1v) is 20.1. The molecule has 386 valence electrons. The second-order valence-electron chi connectivity index (χ2n) is 13.6. The number of pyridine rings is 6. The van der Waals surface area contributed by atoms with Crippen molar-refractivity contribution in [1.82, 2.24) is 29.9 Å². The van der Waals surface area contributed by atoms with Crippen LogP contribution in [0.1, 0.15) is 82.9 Å². The van der Waals surface area contributed by atoms with Crippen LogP contribution in [0.5, 0.6) is 0 Å².